The molecule has 2 amide bonds. The summed E-state index contributed by atoms with van der Waals surface area (Å²) in [6.07, 6.45) is 3.80. The molecule has 0 aromatic heterocycles. The molecule has 0 spiro atoms. The lowest BCUT2D eigenvalue weighted by Crippen LogP contribution is -2.43. The molecular formula is C12H20N2O2. The SMILES string of the molecule is CC(CNC(=O)C1CCC(=O)NC1)C1CC1. The fraction of sp³-hybridized carbons (Fsp3) is 0.833. The van der Waals surface area contributed by atoms with Gasteiger partial charge in [0.15, 0.2) is 0 Å². The first-order chi connectivity index (χ1) is 7.66. The van der Waals surface area contributed by atoms with Crippen molar-refractivity contribution in [3.63, 3.8) is 0 Å². The second-order valence-corrected chi connectivity index (χ2v) is 5.10. The van der Waals surface area contributed by atoms with Crippen molar-refractivity contribution in [1.82, 2.24) is 10.6 Å². The number of carbonyl (C=O) groups is 2. The Balaban J connectivity index is 1.68. The molecule has 1 saturated carbocycles. The third-order valence-corrected chi connectivity index (χ3v) is 3.66. The number of piperidine rings is 1. The molecule has 0 aromatic rings. The molecule has 2 N–H and O–H groups in total. The molecule has 1 aliphatic heterocycles. The van der Waals surface area contributed by atoms with E-state index in [9.17, 15) is 9.59 Å². The van der Waals surface area contributed by atoms with Gasteiger partial charge in [0.1, 0.15) is 0 Å². The lowest BCUT2D eigenvalue weighted by Gasteiger charge is -2.22. The standard InChI is InChI=1S/C12H20N2O2/c1-8(9-2-3-9)6-14-12(16)10-4-5-11(15)13-7-10/h8-10H,2-7H2,1H3,(H,13,15)(H,14,16). The van der Waals surface area contributed by atoms with Crippen molar-refractivity contribution in [2.75, 3.05) is 13.1 Å². The van der Waals surface area contributed by atoms with Gasteiger partial charge >= 0.3 is 0 Å². The van der Waals surface area contributed by atoms with E-state index in [1.807, 2.05) is 0 Å². The largest absolute Gasteiger partial charge is 0.356 e. The van der Waals surface area contributed by atoms with Gasteiger partial charge in [-0.3, -0.25) is 9.59 Å². The molecule has 0 aromatic carbocycles. The van der Waals surface area contributed by atoms with Crippen LogP contribution in [-0.4, -0.2) is 24.9 Å². The van der Waals surface area contributed by atoms with Gasteiger partial charge in [0.2, 0.25) is 11.8 Å². The van der Waals surface area contributed by atoms with Crippen molar-refractivity contribution < 1.29 is 9.59 Å². The molecule has 2 aliphatic rings. The highest BCUT2D eigenvalue weighted by atomic mass is 16.2. The Kier molecular flexibility index (Phi) is 3.46. The van der Waals surface area contributed by atoms with Crippen molar-refractivity contribution in [2.45, 2.75) is 32.6 Å². The van der Waals surface area contributed by atoms with E-state index in [1.54, 1.807) is 0 Å². The molecule has 2 unspecified atom stereocenters. The first kappa shape index (κ1) is 11.4. The molecule has 4 heteroatoms. The first-order valence-corrected chi connectivity index (χ1v) is 6.21. The molecule has 2 fully saturated rings. The van der Waals surface area contributed by atoms with E-state index < -0.39 is 0 Å². The molecule has 2 atom stereocenters. The van der Waals surface area contributed by atoms with Gasteiger partial charge in [-0.05, 0) is 31.1 Å². The van der Waals surface area contributed by atoms with E-state index in [0.29, 0.717) is 25.3 Å². The van der Waals surface area contributed by atoms with E-state index in [0.717, 1.165) is 12.5 Å². The summed E-state index contributed by atoms with van der Waals surface area (Å²) in [5, 5.41) is 5.73. The Bertz CT molecular complexity index is 277. The number of amides is 2. The molecule has 4 nitrogen and oxygen atoms in total. The van der Waals surface area contributed by atoms with Crippen LogP contribution in [0.2, 0.25) is 0 Å². The number of hydrogen-bond donors (Lipinski definition) is 2. The molecular weight excluding hydrogens is 204 g/mol. The summed E-state index contributed by atoms with van der Waals surface area (Å²) >= 11 is 0. The fourth-order valence-electron chi connectivity index (χ4n) is 2.19. The highest BCUT2D eigenvalue weighted by Crippen LogP contribution is 2.36. The van der Waals surface area contributed by atoms with Crippen LogP contribution in [-0.2, 0) is 9.59 Å². The zero-order valence-corrected chi connectivity index (χ0v) is 9.79. The summed E-state index contributed by atoms with van der Waals surface area (Å²) in [6, 6.07) is 0. The average Bonchev–Trinajstić information content (AvgIpc) is 3.10. The zero-order valence-electron chi connectivity index (χ0n) is 9.79. The fourth-order valence-corrected chi connectivity index (χ4v) is 2.19. The van der Waals surface area contributed by atoms with Gasteiger partial charge in [-0.25, -0.2) is 0 Å². The molecule has 1 heterocycles. The predicted octanol–water partition coefficient (Wildman–Crippen LogP) is 0.675. The Morgan fingerprint density at radius 2 is 2.25 bits per heavy atom. The highest BCUT2D eigenvalue weighted by Gasteiger charge is 2.29. The second-order valence-electron chi connectivity index (χ2n) is 5.10. The Labute approximate surface area is 96.2 Å². The molecule has 0 radical (unpaired) electrons. The summed E-state index contributed by atoms with van der Waals surface area (Å²) in [7, 11) is 0. The van der Waals surface area contributed by atoms with E-state index in [1.165, 1.54) is 12.8 Å². The molecule has 2 rings (SSSR count). The number of carbonyl (C=O) groups excluding carboxylic acids is 2. The minimum Gasteiger partial charge on any atom is -0.356 e. The van der Waals surface area contributed by atoms with Gasteiger partial charge in [0.25, 0.3) is 0 Å². The van der Waals surface area contributed by atoms with E-state index >= 15 is 0 Å². The van der Waals surface area contributed by atoms with Crippen molar-refractivity contribution in [3.8, 4) is 0 Å². The van der Waals surface area contributed by atoms with Crippen molar-refractivity contribution >= 4 is 11.8 Å². The van der Waals surface area contributed by atoms with Crippen LogP contribution in [0.5, 0.6) is 0 Å². The Morgan fingerprint density at radius 3 is 2.81 bits per heavy atom. The lowest BCUT2D eigenvalue weighted by atomic mass is 9.98. The van der Waals surface area contributed by atoms with Crippen LogP contribution in [0.3, 0.4) is 0 Å². The van der Waals surface area contributed by atoms with Crippen LogP contribution < -0.4 is 10.6 Å². The van der Waals surface area contributed by atoms with E-state index in [4.69, 9.17) is 0 Å². The average molecular weight is 224 g/mol. The molecule has 1 aliphatic carbocycles. The number of rotatable bonds is 4. The Morgan fingerprint density at radius 1 is 1.50 bits per heavy atom. The quantitative estimate of drug-likeness (QED) is 0.737. The summed E-state index contributed by atoms with van der Waals surface area (Å²) in [5.41, 5.74) is 0. The van der Waals surface area contributed by atoms with Crippen LogP contribution in [0.1, 0.15) is 32.6 Å². The minimum atomic E-state index is -0.0240. The molecule has 90 valence electrons. The third kappa shape index (κ3) is 2.97. The maximum atomic E-state index is 11.8. The lowest BCUT2D eigenvalue weighted by molar-refractivity contribution is -0.129. The van der Waals surface area contributed by atoms with Gasteiger partial charge in [0, 0.05) is 19.5 Å². The van der Waals surface area contributed by atoms with Crippen molar-refractivity contribution in [3.05, 3.63) is 0 Å². The van der Waals surface area contributed by atoms with Gasteiger partial charge in [-0.15, -0.1) is 0 Å². The maximum Gasteiger partial charge on any atom is 0.224 e. The van der Waals surface area contributed by atoms with Crippen LogP contribution in [0.25, 0.3) is 0 Å². The van der Waals surface area contributed by atoms with Crippen molar-refractivity contribution in [1.29, 1.82) is 0 Å². The second kappa shape index (κ2) is 4.85. The van der Waals surface area contributed by atoms with Crippen LogP contribution in [0, 0.1) is 17.8 Å². The molecule has 0 bridgehead atoms. The zero-order chi connectivity index (χ0) is 11.5. The summed E-state index contributed by atoms with van der Waals surface area (Å²) in [4.78, 5) is 22.7. The summed E-state index contributed by atoms with van der Waals surface area (Å²) in [5.74, 6) is 1.57. The molecule has 1 saturated heterocycles. The topological polar surface area (TPSA) is 58.2 Å². The smallest absolute Gasteiger partial charge is 0.224 e. The van der Waals surface area contributed by atoms with Crippen molar-refractivity contribution in [2.24, 2.45) is 17.8 Å². The van der Waals surface area contributed by atoms with E-state index in [2.05, 4.69) is 17.6 Å². The minimum absolute atomic E-state index is 0.0240. The highest BCUT2D eigenvalue weighted by molar-refractivity contribution is 5.83. The summed E-state index contributed by atoms with van der Waals surface area (Å²) in [6.45, 7) is 3.48. The number of hydrogen-bond acceptors (Lipinski definition) is 2. The van der Waals surface area contributed by atoms with Gasteiger partial charge < -0.3 is 10.6 Å². The maximum absolute atomic E-state index is 11.8. The monoisotopic (exact) mass is 224 g/mol. The van der Waals surface area contributed by atoms with Gasteiger partial charge in [-0.2, -0.15) is 0 Å². The van der Waals surface area contributed by atoms with Gasteiger partial charge in [0.05, 0.1) is 5.92 Å². The normalized spacial score (nSPS) is 27.1. The third-order valence-electron chi connectivity index (χ3n) is 3.66. The number of nitrogens with one attached hydrogen (secondary N) is 2. The van der Waals surface area contributed by atoms with Crippen LogP contribution in [0.4, 0.5) is 0 Å². The van der Waals surface area contributed by atoms with Crippen LogP contribution >= 0.6 is 0 Å². The van der Waals surface area contributed by atoms with E-state index in [-0.39, 0.29) is 17.7 Å². The molecule has 16 heavy (non-hydrogen) atoms. The first-order valence-electron chi connectivity index (χ1n) is 6.21. The predicted molar refractivity (Wildman–Crippen MR) is 60.6 cm³/mol. The van der Waals surface area contributed by atoms with Crippen LogP contribution in [0.15, 0.2) is 0 Å². The summed E-state index contributed by atoms with van der Waals surface area (Å²) < 4.78 is 0. The van der Waals surface area contributed by atoms with Gasteiger partial charge in [-0.1, -0.05) is 6.92 Å². The Hall–Kier alpha value is -1.06.